The number of nitrogens with zero attached hydrogens (tertiary/aromatic N) is 1. The molecule has 0 saturated heterocycles. The van der Waals surface area contributed by atoms with E-state index in [9.17, 15) is 13.2 Å². The predicted octanol–water partition coefficient (Wildman–Crippen LogP) is 4.18. The van der Waals surface area contributed by atoms with Crippen LogP contribution in [0, 0.1) is 11.8 Å². The highest BCUT2D eigenvalue weighted by atomic mass is 79.9. The summed E-state index contributed by atoms with van der Waals surface area (Å²) < 4.78 is 38.7. The van der Waals surface area contributed by atoms with Gasteiger partial charge in [0.15, 0.2) is 5.75 Å². The quantitative estimate of drug-likeness (QED) is 0.474. The van der Waals surface area contributed by atoms with Crippen molar-refractivity contribution in [2.45, 2.75) is 50.8 Å². The van der Waals surface area contributed by atoms with E-state index < -0.39 is 15.9 Å². The number of ether oxygens (including phenoxy) is 2. The van der Waals surface area contributed by atoms with Crippen LogP contribution in [-0.2, 0) is 19.6 Å². The van der Waals surface area contributed by atoms with Crippen molar-refractivity contribution in [3.63, 3.8) is 0 Å². The second-order valence-corrected chi connectivity index (χ2v) is 10.8. The van der Waals surface area contributed by atoms with Crippen molar-refractivity contribution in [1.29, 1.82) is 0 Å². The van der Waals surface area contributed by atoms with E-state index in [2.05, 4.69) is 15.9 Å². The molecule has 158 valence electrons. The lowest BCUT2D eigenvalue weighted by molar-refractivity contribution is -0.145. The first-order chi connectivity index (χ1) is 13.1. The summed E-state index contributed by atoms with van der Waals surface area (Å²) in [7, 11) is -0.786. The Labute approximate surface area is 176 Å². The van der Waals surface area contributed by atoms with E-state index in [1.807, 2.05) is 13.8 Å². The van der Waals surface area contributed by atoms with E-state index in [1.165, 1.54) is 14.1 Å². The fourth-order valence-corrected chi connectivity index (χ4v) is 4.69. The summed E-state index contributed by atoms with van der Waals surface area (Å²) in [6, 6.07) is 3.34. The van der Waals surface area contributed by atoms with Crippen molar-refractivity contribution >= 4 is 31.9 Å². The number of hydrogen-bond donors (Lipinski definition) is 0. The van der Waals surface area contributed by atoms with E-state index in [0.717, 1.165) is 17.1 Å². The molecule has 1 saturated carbocycles. The third kappa shape index (κ3) is 5.70. The molecule has 1 aliphatic carbocycles. The van der Waals surface area contributed by atoms with E-state index in [1.54, 1.807) is 19.1 Å². The summed E-state index contributed by atoms with van der Waals surface area (Å²) in [6.07, 6.45) is 2.77. The minimum atomic E-state index is -3.75. The zero-order chi connectivity index (χ0) is 21.1. The number of carbonyl (C=O) groups excluding carboxylic acids is 1. The maximum Gasteiger partial charge on any atom is 0.313 e. The Morgan fingerprint density at radius 1 is 1.29 bits per heavy atom. The van der Waals surface area contributed by atoms with Gasteiger partial charge in [-0.3, -0.25) is 4.79 Å². The molecule has 6 nitrogen and oxygen atoms in total. The average Bonchev–Trinajstić information content (AvgIpc) is 3.42. The smallest absolute Gasteiger partial charge is 0.313 e. The largest absolute Gasteiger partial charge is 0.491 e. The second-order valence-electron chi connectivity index (χ2n) is 7.81. The van der Waals surface area contributed by atoms with E-state index in [4.69, 9.17) is 9.47 Å². The van der Waals surface area contributed by atoms with Crippen LogP contribution in [0.5, 0.6) is 5.75 Å². The van der Waals surface area contributed by atoms with Gasteiger partial charge in [0, 0.05) is 14.1 Å². The number of esters is 1. The summed E-state index contributed by atoms with van der Waals surface area (Å²) >= 11 is 3.47. The minimum Gasteiger partial charge on any atom is -0.491 e. The highest BCUT2D eigenvalue weighted by molar-refractivity contribution is 9.10. The normalized spacial score (nSPS) is 15.7. The van der Waals surface area contributed by atoms with Crippen LogP contribution in [0.25, 0.3) is 0 Å². The van der Waals surface area contributed by atoms with E-state index >= 15 is 0 Å². The number of sulfonamides is 1. The first kappa shape index (κ1) is 23.2. The standard InChI is InChI=1S/C20H30BrNO5S/c1-6-26-20(23)16(9-13(2)3)15-10-17(21)19(27-12-14-7-8-14)18(11-15)28(24,25)22(4)5/h10-11,13-14,16H,6-9,12H2,1-5H3. The number of carbonyl (C=O) groups is 1. The molecule has 1 unspecified atom stereocenters. The van der Waals surface area contributed by atoms with Crippen LogP contribution in [0.15, 0.2) is 21.5 Å². The Balaban J connectivity index is 2.55. The van der Waals surface area contributed by atoms with Gasteiger partial charge in [-0.05, 0) is 71.6 Å². The van der Waals surface area contributed by atoms with Crippen LogP contribution in [0.3, 0.4) is 0 Å². The zero-order valence-corrected chi connectivity index (χ0v) is 19.6. The van der Waals surface area contributed by atoms with Gasteiger partial charge in [0.05, 0.1) is 23.6 Å². The molecular weight excluding hydrogens is 446 g/mol. The van der Waals surface area contributed by atoms with Gasteiger partial charge in [-0.1, -0.05) is 13.8 Å². The van der Waals surface area contributed by atoms with Gasteiger partial charge < -0.3 is 9.47 Å². The molecule has 0 N–H and O–H groups in total. The molecule has 0 amide bonds. The molecule has 8 heteroatoms. The van der Waals surface area contributed by atoms with Gasteiger partial charge in [0.1, 0.15) is 4.90 Å². The maximum atomic E-state index is 13.0. The highest BCUT2D eigenvalue weighted by Crippen LogP contribution is 2.40. The molecule has 1 aromatic rings. The molecule has 1 fully saturated rings. The summed E-state index contributed by atoms with van der Waals surface area (Å²) in [5.74, 6) is 0.145. The zero-order valence-electron chi connectivity index (χ0n) is 17.2. The summed E-state index contributed by atoms with van der Waals surface area (Å²) in [5, 5.41) is 0. The Bertz CT molecular complexity index is 803. The van der Waals surface area contributed by atoms with Crippen LogP contribution >= 0.6 is 15.9 Å². The molecule has 0 aliphatic heterocycles. The van der Waals surface area contributed by atoms with Gasteiger partial charge >= 0.3 is 5.97 Å². The van der Waals surface area contributed by atoms with Crippen molar-refractivity contribution in [2.24, 2.45) is 11.8 Å². The van der Waals surface area contributed by atoms with Crippen molar-refractivity contribution in [1.82, 2.24) is 4.31 Å². The summed E-state index contributed by atoms with van der Waals surface area (Å²) in [5.41, 5.74) is 0.609. The number of rotatable bonds is 10. The highest BCUT2D eigenvalue weighted by Gasteiger charge is 2.31. The minimum absolute atomic E-state index is 0.0700. The lowest BCUT2D eigenvalue weighted by Crippen LogP contribution is -2.24. The fourth-order valence-electron chi connectivity index (χ4n) is 2.89. The van der Waals surface area contributed by atoms with Gasteiger partial charge in [-0.15, -0.1) is 0 Å². The molecule has 1 aliphatic rings. The first-order valence-corrected chi connectivity index (χ1v) is 11.9. The number of benzene rings is 1. The van der Waals surface area contributed by atoms with Crippen molar-refractivity contribution in [2.75, 3.05) is 27.3 Å². The molecule has 0 aromatic heterocycles. The third-order valence-corrected chi connectivity index (χ3v) is 7.04. The molecular formula is C20H30BrNO5S. The van der Waals surface area contributed by atoms with Crippen LogP contribution in [0.2, 0.25) is 0 Å². The number of halogens is 1. The predicted molar refractivity (Wildman–Crippen MR) is 112 cm³/mol. The Morgan fingerprint density at radius 3 is 2.43 bits per heavy atom. The molecule has 0 heterocycles. The van der Waals surface area contributed by atoms with Gasteiger partial charge in [0.25, 0.3) is 0 Å². The topological polar surface area (TPSA) is 72.9 Å². The lowest BCUT2D eigenvalue weighted by atomic mass is 9.90. The first-order valence-electron chi connectivity index (χ1n) is 9.63. The van der Waals surface area contributed by atoms with E-state index in [0.29, 0.717) is 34.7 Å². The van der Waals surface area contributed by atoms with Crippen LogP contribution in [0.4, 0.5) is 0 Å². The van der Waals surface area contributed by atoms with Crippen molar-refractivity contribution in [3.05, 3.63) is 22.2 Å². The molecule has 2 rings (SSSR count). The fraction of sp³-hybridized carbons (Fsp3) is 0.650. The lowest BCUT2D eigenvalue weighted by Gasteiger charge is -2.22. The third-order valence-electron chi connectivity index (χ3n) is 4.63. The molecule has 28 heavy (non-hydrogen) atoms. The van der Waals surface area contributed by atoms with Gasteiger partial charge in [0.2, 0.25) is 10.0 Å². The SMILES string of the molecule is CCOC(=O)C(CC(C)C)c1cc(Br)c(OCC2CC2)c(S(=O)(=O)N(C)C)c1. The van der Waals surface area contributed by atoms with Crippen molar-refractivity contribution < 1.29 is 22.7 Å². The number of hydrogen-bond acceptors (Lipinski definition) is 5. The van der Waals surface area contributed by atoms with E-state index in [-0.39, 0.29) is 23.4 Å². The van der Waals surface area contributed by atoms with Gasteiger partial charge in [-0.25, -0.2) is 12.7 Å². The Morgan fingerprint density at radius 2 is 1.93 bits per heavy atom. The Hall–Kier alpha value is -1.12. The van der Waals surface area contributed by atoms with Crippen molar-refractivity contribution in [3.8, 4) is 5.75 Å². The molecule has 0 spiro atoms. The van der Waals surface area contributed by atoms with Crippen LogP contribution < -0.4 is 4.74 Å². The molecule has 0 radical (unpaired) electrons. The van der Waals surface area contributed by atoms with Crippen LogP contribution in [-0.4, -0.2) is 46.0 Å². The molecule has 1 atom stereocenters. The summed E-state index contributed by atoms with van der Waals surface area (Å²) in [4.78, 5) is 12.6. The molecule has 1 aromatic carbocycles. The van der Waals surface area contributed by atoms with Crippen LogP contribution in [0.1, 0.15) is 51.5 Å². The van der Waals surface area contributed by atoms with Gasteiger partial charge in [-0.2, -0.15) is 0 Å². The second kappa shape index (κ2) is 9.59. The monoisotopic (exact) mass is 475 g/mol. The maximum absolute atomic E-state index is 13.0. The Kier molecular flexibility index (Phi) is 7.93. The molecule has 0 bridgehead atoms. The average molecular weight is 476 g/mol. The summed E-state index contributed by atoms with van der Waals surface area (Å²) in [6.45, 7) is 6.57.